The van der Waals surface area contributed by atoms with E-state index in [9.17, 15) is 8.42 Å². The molecular formula is C6H11NaO3S. The second-order valence-corrected chi connectivity index (χ2v) is 2.98. The van der Waals surface area contributed by atoms with Crippen molar-refractivity contribution in [3.63, 3.8) is 0 Å². The van der Waals surface area contributed by atoms with Crippen LogP contribution in [0.4, 0.5) is 0 Å². The summed E-state index contributed by atoms with van der Waals surface area (Å²) in [6.45, 7) is 3.48. The summed E-state index contributed by atoms with van der Waals surface area (Å²) in [5.74, 6) is 2.25. The first-order valence-electron chi connectivity index (χ1n) is 2.95. The van der Waals surface area contributed by atoms with Crippen LogP contribution < -0.4 is 29.6 Å². The number of hydrogen-bond donors (Lipinski definition) is 0. The molecule has 5 heteroatoms. The van der Waals surface area contributed by atoms with Gasteiger partial charge < -0.3 is 1.43 Å². The predicted octanol–water partition coefficient (Wildman–Crippen LogP) is -2.16. The van der Waals surface area contributed by atoms with Crippen molar-refractivity contribution in [3.8, 4) is 11.2 Å². The fourth-order valence-electron chi connectivity index (χ4n) is 0.348. The van der Waals surface area contributed by atoms with Gasteiger partial charge in [0, 0.05) is 0 Å². The molecule has 0 N–H and O–H groups in total. The van der Waals surface area contributed by atoms with Crippen LogP contribution in [0, 0.1) is 11.2 Å². The Labute approximate surface area is 91.4 Å². The summed E-state index contributed by atoms with van der Waals surface area (Å²) >= 11 is 0. The third-order valence-corrected chi connectivity index (χ3v) is 1.60. The van der Waals surface area contributed by atoms with E-state index in [0.717, 1.165) is 0 Å². The monoisotopic (exact) mass is 186 g/mol. The largest absolute Gasteiger partial charge is 1.00 e. The molecular weight excluding hydrogens is 175 g/mol. The van der Waals surface area contributed by atoms with E-state index in [2.05, 4.69) is 10.1 Å². The zero-order chi connectivity index (χ0) is 8.04. The molecule has 0 aliphatic rings. The molecule has 3 nitrogen and oxygen atoms in total. The Kier molecular flexibility index (Phi) is 9.10. The molecule has 0 bridgehead atoms. The third kappa shape index (κ3) is 8.38. The van der Waals surface area contributed by atoms with Crippen molar-refractivity contribution in [1.29, 1.82) is 0 Å². The zero-order valence-electron chi connectivity index (χ0n) is 8.05. The minimum atomic E-state index is -3.55. The van der Waals surface area contributed by atoms with Crippen LogP contribution >= 0.6 is 0 Å². The maximum atomic E-state index is 10.6. The van der Waals surface area contributed by atoms with E-state index in [-0.39, 0.29) is 37.6 Å². The van der Waals surface area contributed by atoms with Gasteiger partial charge in [0.2, 0.25) is 0 Å². The quantitative estimate of drug-likeness (QED) is 0.286. The molecule has 0 aromatic heterocycles. The van der Waals surface area contributed by atoms with Gasteiger partial charge in [-0.2, -0.15) is 8.42 Å². The molecule has 0 saturated heterocycles. The Bertz CT molecular complexity index is 239. The molecule has 0 aromatic carbocycles. The van der Waals surface area contributed by atoms with Crippen molar-refractivity contribution >= 4 is 10.1 Å². The molecule has 0 amide bonds. The maximum Gasteiger partial charge on any atom is 1.00 e. The zero-order valence-corrected chi connectivity index (χ0v) is 9.86. The number of rotatable bonds is 3. The van der Waals surface area contributed by atoms with Gasteiger partial charge in [-0.3, -0.25) is 4.18 Å². The van der Waals surface area contributed by atoms with Crippen LogP contribution in [0.3, 0.4) is 0 Å². The average Bonchev–Trinajstić information content (AvgIpc) is 1.84. The molecule has 0 aliphatic heterocycles. The van der Waals surface area contributed by atoms with E-state index in [1.54, 1.807) is 0 Å². The second-order valence-electron chi connectivity index (χ2n) is 1.63. The minimum Gasteiger partial charge on any atom is -1.00 e. The van der Waals surface area contributed by atoms with Gasteiger partial charge in [0.05, 0.1) is 11.9 Å². The van der Waals surface area contributed by atoms with Crippen LogP contribution in [0.25, 0.3) is 0 Å². The molecule has 0 unspecified atom stereocenters. The van der Waals surface area contributed by atoms with Crippen molar-refractivity contribution in [2.45, 2.75) is 20.3 Å². The molecule has 0 aliphatic carbocycles. The van der Waals surface area contributed by atoms with Crippen LogP contribution in [-0.4, -0.2) is 15.0 Å². The second kappa shape index (κ2) is 7.14. The Balaban J connectivity index is -0.000000405. The van der Waals surface area contributed by atoms with E-state index >= 15 is 0 Å². The van der Waals surface area contributed by atoms with Gasteiger partial charge in [0.15, 0.2) is 0 Å². The molecule has 0 aromatic rings. The number of hydrogen-bond acceptors (Lipinski definition) is 3. The normalized spacial score (nSPS) is 9.27. The first-order valence-corrected chi connectivity index (χ1v) is 4.36. The van der Waals surface area contributed by atoms with E-state index in [1.807, 2.05) is 12.2 Å². The van der Waals surface area contributed by atoms with Gasteiger partial charge in [-0.15, -0.1) is 0 Å². The van der Waals surface area contributed by atoms with Crippen LogP contribution in [0.2, 0.25) is 0 Å². The first-order chi connectivity index (χ1) is 4.62. The molecule has 0 saturated carbocycles. The summed E-state index contributed by atoms with van der Waals surface area (Å²) < 4.78 is 25.6. The summed E-state index contributed by atoms with van der Waals surface area (Å²) in [6, 6.07) is 0. The van der Waals surface area contributed by atoms with E-state index in [4.69, 9.17) is 0 Å². The van der Waals surface area contributed by atoms with Crippen molar-refractivity contribution in [1.82, 2.24) is 0 Å². The first kappa shape index (κ1) is 14.0. The minimum absolute atomic E-state index is 0. The standard InChI is InChI=1S/C6H10O3S.Na.H/c1-3-5-9-10(7,8)6-4-2;;/h3,5H2,1-2H3;;/q;+1;-1. The van der Waals surface area contributed by atoms with Gasteiger partial charge in [-0.1, -0.05) is 12.8 Å². The Morgan fingerprint density at radius 3 is 2.45 bits per heavy atom. The molecule has 0 radical (unpaired) electrons. The average molecular weight is 186 g/mol. The Morgan fingerprint density at radius 1 is 1.55 bits per heavy atom. The van der Waals surface area contributed by atoms with E-state index in [1.165, 1.54) is 6.92 Å². The summed E-state index contributed by atoms with van der Waals surface area (Å²) in [7, 11) is -3.55. The summed E-state index contributed by atoms with van der Waals surface area (Å²) in [4.78, 5) is 0. The van der Waals surface area contributed by atoms with Crippen LogP contribution in [0.15, 0.2) is 0 Å². The van der Waals surface area contributed by atoms with Gasteiger partial charge in [0.25, 0.3) is 0 Å². The van der Waals surface area contributed by atoms with Crippen LogP contribution in [0.5, 0.6) is 0 Å². The molecule has 0 spiro atoms. The SMILES string of the molecule is CC#CS(=O)(=O)OCCC.[H-].[Na+]. The fourth-order valence-corrected chi connectivity index (χ4v) is 1.04. The Morgan fingerprint density at radius 2 is 2.09 bits per heavy atom. The molecule has 60 valence electrons. The summed E-state index contributed by atoms with van der Waals surface area (Å²) in [5.41, 5.74) is 0. The predicted molar refractivity (Wildman–Crippen MR) is 39.7 cm³/mol. The Hall–Kier alpha value is 0.470. The van der Waals surface area contributed by atoms with Crippen molar-refractivity contribution < 1.29 is 43.6 Å². The fraction of sp³-hybridized carbons (Fsp3) is 0.667. The van der Waals surface area contributed by atoms with Crippen molar-refractivity contribution in [2.75, 3.05) is 6.61 Å². The van der Waals surface area contributed by atoms with E-state index < -0.39 is 10.1 Å². The topological polar surface area (TPSA) is 43.4 Å². The van der Waals surface area contributed by atoms with Crippen molar-refractivity contribution in [3.05, 3.63) is 0 Å². The van der Waals surface area contributed by atoms with Gasteiger partial charge in [0.1, 0.15) is 0 Å². The summed E-state index contributed by atoms with van der Waals surface area (Å²) in [5, 5.41) is 1.96. The van der Waals surface area contributed by atoms with E-state index in [0.29, 0.717) is 6.42 Å². The molecule has 0 fully saturated rings. The van der Waals surface area contributed by atoms with Gasteiger partial charge >= 0.3 is 39.7 Å². The molecule has 0 rings (SSSR count). The molecule has 0 atom stereocenters. The smallest absolute Gasteiger partial charge is 1.00 e. The van der Waals surface area contributed by atoms with Crippen molar-refractivity contribution in [2.24, 2.45) is 0 Å². The van der Waals surface area contributed by atoms with Gasteiger partial charge in [-0.05, 0) is 13.3 Å². The molecule has 0 heterocycles. The van der Waals surface area contributed by atoms with Gasteiger partial charge in [-0.25, -0.2) is 0 Å². The third-order valence-electron chi connectivity index (χ3n) is 0.670. The van der Waals surface area contributed by atoms with Crippen LogP contribution in [-0.2, 0) is 14.3 Å². The maximum absolute atomic E-state index is 10.6. The summed E-state index contributed by atoms with van der Waals surface area (Å²) in [6.07, 6.45) is 0.671. The molecule has 11 heavy (non-hydrogen) atoms. The van der Waals surface area contributed by atoms with Crippen LogP contribution in [0.1, 0.15) is 21.7 Å².